The lowest BCUT2D eigenvalue weighted by molar-refractivity contribution is -0.136. The van der Waals surface area contributed by atoms with Gasteiger partial charge in [-0.2, -0.15) is 0 Å². The lowest BCUT2D eigenvalue weighted by Crippen LogP contribution is -2.49. The molecule has 3 aromatic carbocycles. The number of nitrogens with zero attached hydrogens (tertiary/aromatic N) is 5. The van der Waals surface area contributed by atoms with Crippen molar-refractivity contribution in [2.45, 2.75) is 57.5 Å². The van der Waals surface area contributed by atoms with Crippen LogP contribution in [0.5, 0.6) is 0 Å². The van der Waals surface area contributed by atoms with Crippen LogP contribution in [-0.4, -0.2) is 82.2 Å². The SMILES string of the molecule is CC1CC=CN2C(=C1c1ccccc1)c1c(C(=O)Nc3cc(C(=O)N(C)C)cnc3N3CCC(N4CCCCC4=O)CC3)[nH]c3cc(Cl)cc(c13)C2c1ccc(Cl)cc1Cl. The lowest BCUT2D eigenvalue weighted by atomic mass is 9.82. The van der Waals surface area contributed by atoms with Crippen molar-refractivity contribution in [2.75, 3.05) is 43.9 Å². The summed E-state index contributed by atoms with van der Waals surface area (Å²) >= 11 is 20.4. The summed E-state index contributed by atoms with van der Waals surface area (Å²) in [7, 11) is 3.38. The predicted octanol–water partition coefficient (Wildman–Crippen LogP) is 10.3. The van der Waals surface area contributed by atoms with E-state index in [1.807, 2.05) is 42.5 Å². The van der Waals surface area contributed by atoms with Crippen molar-refractivity contribution in [3.05, 3.63) is 134 Å². The molecule has 0 spiro atoms. The summed E-state index contributed by atoms with van der Waals surface area (Å²) in [6.07, 6.45) is 10.8. The second-order valence-electron chi connectivity index (χ2n) is 16.4. The highest BCUT2D eigenvalue weighted by atomic mass is 35.5. The molecule has 6 heterocycles. The lowest BCUT2D eigenvalue weighted by Gasteiger charge is -2.41. The van der Waals surface area contributed by atoms with Crippen LogP contribution in [0.3, 0.4) is 0 Å². The van der Waals surface area contributed by atoms with E-state index in [1.54, 1.807) is 32.4 Å². The highest BCUT2D eigenvalue weighted by Crippen LogP contribution is 2.54. The van der Waals surface area contributed by atoms with Crippen molar-refractivity contribution in [3.63, 3.8) is 0 Å². The Morgan fingerprint density at radius 1 is 0.917 bits per heavy atom. The standard InChI is InChI=1S/C47H46Cl3N7O3/c1-27-10-9-19-57-43(33-15-14-30(48)24-35(33)50)34-23-31(49)25-36-40(34)41(44(57)39(27)28-11-5-4-6-12-28)42(52-36)46(59)53-37-22-29(47(60)54(2)3)26-51-45(37)55-20-16-32(17-21-55)56-18-8-7-13-38(56)58/h4-6,9,11-12,14-15,19,22-27,32,43,52H,7-8,10,13,16-18,20-21H2,1-3H3,(H,53,59). The number of H-pyrrole nitrogens is 1. The number of hydrogen-bond donors (Lipinski definition) is 2. The summed E-state index contributed by atoms with van der Waals surface area (Å²) in [4.78, 5) is 57.6. The van der Waals surface area contributed by atoms with Gasteiger partial charge in [0.15, 0.2) is 5.82 Å². The molecule has 0 saturated carbocycles. The van der Waals surface area contributed by atoms with Crippen molar-refractivity contribution in [2.24, 2.45) is 5.92 Å². The Kier molecular flexibility index (Phi) is 10.9. The fraction of sp³-hybridized carbons (Fsp3) is 0.319. The molecule has 2 unspecified atom stereocenters. The number of carbonyl (C=O) groups excluding carboxylic acids is 3. The van der Waals surface area contributed by atoms with E-state index < -0.39 is 11.9 Å². The first kappa shape index (κ1) is 40.1. The Morgan fingerprint density at radius 3 is 2.43 bits per heavy atom. The number of aromatic nitrogens is 2. The maximum atomic E-state index is 15.2. The van der Waals surface area contributed by atoms with Crippen LogP contribution in [0.2, 0.25) is 15.1 Å². The van der Waals surface area contributed by atoms with Crippen LogP contribution in [0.4, 0.5) is 11.5 Å². The quantitative estimate of drug-likeness (QED) is 0.169. The second kappa shape index (κ2) is 16.3. The molecule has 13 heteroatoms. The Hall–Kier alpha value is -5.29. The molecule has 2 saturated heterocycles. The van der Waals surface area contributed by atoms with E-state index in [-0.39, 0.29) is 23.8 Å². The first-order valence-electron chi connectivity index (χ1n) is 20.6. The summed E-state index contributed by atoms with van der Waals surface area (Å²) in [6.45, 7) is 4.30. The minimum Gasteiger partial charge on any atom is -0.355 e. The number of benzene rings is 3. The van der Waals surface area contributed by atoms with Crippen LogP contribution in [0, 0.1) is 5.92 Å². The normalized spacial score (nSPS) is 19.4. The zero-order chi connectivity index (χ0) is 41.8. The van der Waals surface area contributed by atoms with Gasteiger partial charge in [-0.1, -0.05) is 84.2 Å². The fourth-order valence-electron chi connectivity index (χ4n) is 9.57. The molecule has 4 aliphatic heterocycles. The minimum atomic E-state index is -0.405. The van der Waals surface area contributed by atoms with E-state index in [2.05, 4.69) is 56.3 Å². The van der Waals surface area contributed by atoms with Gasteiger partial charge in [0, 0.05) is 90.1 Å². The van der Waals surface area contributed by atoms with Gasteiger partial charge in [0.2, 0.25) is 5.91 Å². The van der Waals surface area contributed by atoms with Gasteiger partial charge in [-0.3, -0.25) is 14.4 Å². The summed E-state index contributed by atoms with van der Waals surface area (Å²) < 4.78 is 0. The molecule has 0 bridgehead atoms. The number of halogens is 3. The number of nitrogens with one attached hydrogen (secondary N) is 2. The van der Waals surface area contributed by atoms with E-state index >= 15 is 4.79 Å². The molecule has 60 heavy (non-hydrogen) atoms. The third-order valence-electron chi connectivity index (χ3n) is 12.4. The molecule has 2 N–H and O–H groups in total. The van der Waals surface area contributed by atoms with Gasteiger partial charge in [-0.25, -0.2) is 4.98 Å². The van der Waals surface area contributed by atoms with Crippen LogP contribution in [-0.2, 0) is 4.79 Å². The fourth-order valence-corrected chi connectivity index (χ4v) is 10.3. The van der Waals surface area contributed by atoms with E-state index in [9.17, 15) is 9.59 Å². The van der Waals surface area contributed by atoms with Gasteiger partial charge in [0.05, 0.1) is 23.0 Å². The number of rotatable bonds is 7. The highest BCUT2D eigenvalue weighted by molar-refractivity contribution is 6.35. The summed E-state index contributed by atoms with van der Waals surface area (Å²) in [5.74, 6) is 0.260. The van der Waals surface area contributed by atoms with Gasteiger partial charge in [0.25, 0.3) is 11.8 Å². The van der Waals surface area contributed by atoms with Crippen molar-refractivity contribution < 1.29 is 14.4 Å². The minimum absolute atomic E-state index is 0.0763. The molecule has 0 aliphatic carbocycles. The Balaban J connectivity index is 1.20. The number of likely N-dealkylation sites (tertiary alicyclic amines) is 1. The smallest absolute Gasteiger partial charge is 0.272 e. The number of pyridine rings is 1. The largest absolute Gasteiger partial charge is 0.355 e. The number of amides is 3. The summed E-state index contributed by atoms with van der Waals surface area (Å²) in [6, 6.07) is 21.2. The second-order valence-corrected chi connectivity index (χ2v) is 17.7. The Morgan fingerprint density at radius 2 is 1.70 bits per heavy atom. The third kappa shape index (κ3) is 7.22. The van der Waals surface area contributed by atoms with E-state index in [4.69, 9.17) is 39.8 Å². The molecule has 2 fully saturated rings. The monoisotopic (exact) mass is 861 g/mol. The van der Waals surface area contributed by atoms with Crippen molar-refractivity contribution >= 4 is 86.2 Å². The molecule has 3 amide bonds. The van der Waals surface area contributed by atoms with Crippen molar-refractivity contribution in [1.82, 2.24) is 24.7 Å². The number of aromatic amines is 1. The molecule has 308 valence electrons. The molecule has 5 aromatic rings. The molecular weight excluding hydrogens is 817 g/mol. The van der Waals surface area contributed by atoms with Crippen molar-refractivity contribution in [3.8, 4) is 0 Å². The average Bonchev–Trinajstić information content (AvgIpc) is 3.53. The van der Waals surface area contributed by atoms with Gasteiger partial charge in [-0.15, -0.1) is 0 Å². The molecule has 2 aromatic heterocycles. The highest BCUT2D eigenvalue weighted by Gasteiger charge is 2.41. The maximum Gasteiger partial charge on any atom is 0.272 e. The van der Waals surface area contributed by atoms with Crippen LogP contribution in [0.25, 0.3) is 22.2 Å². The first-order valence-corrected chi connectivity index (χ1v) is 21.7. The first-order chi connectivity index (χ1) is 29.0. The van der Waals surface area contributed by atoms with Gasteiger partial charge in [-0.05, 0) is 90.6 Å². The number of allylic oxidation sites excluding steroid dienone is 2. The molecule has 4 aliphatic rings. The van der Waals surface area contributed by atoms with Crippen LogP contribution in [0.1, 0.15) is 94.6 Å². The third-order valence-corrected chi connectivity index (χ3v) is 13.1. The van der Waals surface area contributed by atoms with Gasteiger partial charge in [0.1, 0.15) is 5.69 Å². The summed E-state index contributed by atoms with van der Waals surface area (Å²) in [5, 5.41) is 5.65. The summed E-state index contributed by atoms with van der Waals surface area (Å²) in [5.41, 5.74) is 7.33. The zero-order valence-electron chi connectivity index (χ0n) is 33.8. The number of fused-ring (bicyclic) bond motifs is 2. The van der Waals surface area contributed by atoms with Crippen molar-refractivity contribution in [1.29, 1.82) is 0 Å². The van der Waals surface area contributed by atoms with Gasteiger partial charge >= 0.3 is 0 Å². The topological polar surface area (TPSA) is 105 Å². The molecule has 0 radical (unpaired) electrons. The molecule has 10 nitrogen and oxygen atoms in total. The molecular formula is C47H46Cl3N7O3. The van der Waals surface area contributed by atoms with Crippen LogP contribution >= 0.6 is 34.8 Å². The Bertz CT molecular complexity index is 2600. The number of anilines is 2. The molecule has 2 atom stereocenters. The molecule has 9 rings (SSSR count). The zero-order valence-corrected chi connectivity index (χ0v) is 36.0. The Labute approximate surface area is 364 Å². The average molecular weight is 863 g/mol. The number of carbonyl (C=O) groups is 3. The maximum absolute atomic E-state index is 15.2. The van der Waals surface area contributed by atoms with E-state index in [0.717, 1.165) is 77.6 Å². The number of hydrogen-bond acceptors (Lipinski definition) is 6. The van der Waals surface area contributed by atoms with E-state index in [1.165, 1.54) is 4.90 Å². The van der Waals surface area contributed by atoms with Crippen LogP contribution in [0.15, 0.2) is 85.2 Å². The van der Waals surface area contributed by atoms with Gasteiger partial charge < -0.3 is 29.9 Å². The van der Waals surface area contributed by atoms with E-state index in [0.29, 0.717) is 62.9 Å². The predicted molar refractivity (Wildman–Crippen MR) is 241 cm³/mol. The number of piperidine rings is 2. The van der Waals surface area contributed by atoms with Crippen LogP contribution < -0.4 is 10.2 Å².